The topological polar surface area (TPSA) is 82.0 Å². The smallest absolute Gasteiger partial charge is 0.234 e. The fourth-order valence-corrected chi connectivity index (χ4v) is 3.95. The van der Waals surface area contributed by atoms with Crippen LogP contribution in [0.25, 0.3) is 0 Å². The van der Waals surface area contributed by atoms with Gasteiger partial charge in [0.2, 0.25) is 11.8 Å². The van der Waals surface area contributed by atoms with Gasteiger partial charge in [0.1, 0.15) is 0 Å². The summed E-state index contributed by atoms with van der Waals surface area (Å²) in [6, 6.07) is 17.6. The quantitative estimate of drug-likeness (QED) is 0.807. The van der Waals surface area contributed by atoms with Crippen molar-refractivity contribution in [1.82, 2.24) is 5.32 Å². The number of carbonyl (C=O) groups is 2. The zero-order valence-electron chi connectivity index (χ0n) is 15.8. The van der Waals surface area contributed by atoms with E-state index in [4.69, 9.17) is 0 Å². The van der Waals surface area contributed by atoms with Gasteiger partial charge in [0.15, 0.2) is 0 Å². The molecule has 2 amide bonds. The van der Waals surface area contributed by atoms with Crippen LogP contribution in [0.4, 0.5) is 5.69 Å². The van der Waals surface area contributed by atoms with E-state index in [1.807, 2.05) is 62.4 Å². The Morgan fingerprint density at radius 2 is 1.96 bits per heavy atom. The monoisotopic (exact) mass is 391 g/mol. The van der Waals surface area contributed by atoms with E-state index in [1.165, 1.54) is 11.8 Å². The zero-order valence-corrected chi connectivity index (χ0v) is 16.6. The first kappa shape index (κ1) is 19.7. The number of amides is 2. The summed E-state index contributed by atoms with van der Waals surface area (Å²) in [5.41, 5.74) is 4.33. The molecule has 2 N–H and O–H groups in total. The number of hydrogen-bond donors (Lipinski definition) is 2. The van der Waals surface area contributed by atoms with Gasteiger partial charge in [0.25, 0.3) is 0 Å². The Kier molecular flexibility index (Phi) is 6.17. The summed E-state index contributed by atoms with van der Waals surface area (Å²) in [4.78, 5) is 24.5. The molecule has 0 spiro atoms. The van der Waals surface area contributed by atoms with Crippen molar-refractivity contribution in [1.29, 1.82) is 5.26 Å². The van der Waals surface area contributed by atoms with Crippen molar-refractivity contribution in [3.63, 3.8) is 0 Å². The summed E-state index contributed by atoms with van der Waals surface area (Å²) in [5.74, 6) is -0.519. The van der Waals surface area contributed by atoms with Crippen LogP contribution in [0.2, 0.25) is 0 Å². The van der Waals surface area contributed by atoms with Gasteiger partial charge in [0, 0.05) is 18.0 Å². The summed E-state index contributed by atoms with van der Waals surface area (Å²) in [7, 11) is 0. The molecule has 1 aliphatic heterocycles. The highest BCUT2D eigenvalue weighted by Crippen LogP contribution is 2.36. The predicted molar refractivity (Wildman–Crippen MR) is 112 cm³/mol. The highest BCUT2D eigenvalue weighted by atomic mass is 32.2. The zero-order chi connectivity index (χ0) is 20.1. The van der Waals surface area contributed by atoms with Crippen LogP contribution in [-0.4, -0.2) is 17.6 Å². The Morgan fingerprint density at radius 1 is 1.21 bits per heavy atom. The molecule has 6 heteroatoms. The van der Waals surface area contributed by atoms with E-state index in [0.29, 0.717) is 10.6 Å². The van der Waals surface area contributed by atoms with Crippen LogP contribution in [0.3, 0.4) is 0 Å². The minimum atomic E-state index is -0.290. The minimum absolute atomic E-state index is 0.107. The Hall–Kier alpha value is -3.04. The van der Waals surface area contributed by atoms with E-state index >= 15 is 0 Å². The average molecular weight is 391 g/mol. The lowest BCUT2D eigenvalue weighted by molar-refractivity contribution is -0.121. The van der Waals surface area contributed by atoms with Crippen molar-refractivity contribution in [2.24, 2.45) is 0 Å². The van der Waals surface area contributed by atoms with Gasteiger partial charge in [0.05, 0.1) is 22.4 Å². The Labute approximate surface area is 168 Å². The van der Waals surface area contributed by atoms with Gasteiger partial charge in [-0.1, -0.05) is 53.7 Å². The number of carbonyl (C=O) groups excluding carboxylic acids is 2. The molecule has 0 radical (unpaired) electrons. The summed E-state index contributed by atoms with van der Waals surface area (Å²) in [6.45, 7) is 3.95. The number of benzene rings is 2. The second kappa shape index (κ2) is 8.77. The van der Waals surface area contributed by atoms with Crippen LogP contribution in [0.15, 0.2) is 59.1 Å². The Bertz CT molecular complexity index is 974. The molecule has 0 aromatic heterocycles. The number of nitrogens with zero attached hydrogens (tertiary/aromatic N) is 1. The number of anilines is 1. The maximum Gasteiger partial charge on any atom is 0.234 e. The van der Waals surface area contributed by atoms with Gasteiger partial charge >= 0.3 is 0 Å². The molecule has 3 rings (SSSR count). The van der Waals surface area contributed by atoms with Crippen LogP contribution in [0, 0.1) is 25.2 Å². The van der Waals surface area contributed by atoms with Crippen LogP contribution >= 0.6 is 11.8 Å². The molecule has 5 nitrogen and oxygen atoms in total. The molecule has 0 saturated heterocycles. The number of nitrogens with one attached hydrogen (secondary N) is 2. The average Bonchev–Trinajstić information content (AvgIpc) is 2.66. The predicted octanol–water partition coefficient (Wildman–Crippen LogP) is 4.01. The second-order valence-corrected chi connectivity index (χ2v) is 7.76. The Balaban J connectivity index is 1.74. The van der Waals surface area contributed by atoms with Crippen molar-refractivity contribution in [2.45, 2.75) is 26.2 Å². The van der Waals surface area contributed by atoms with E-state index in [-0.39, 0.29) is 29.9 Å². The maximum atomic E-state index is 12.3. The number of aryl methyl sites for hydroxylation is 2. The van der Waals surface area contributed by atoms with Crippen molar-refractivity contribution in [3.05, 3.63) is 75.8 Å². The second-order valence-electron chi connectivity index (χ2n) is 6.78. The fraction of sp³-hybridized carbons (Fsp3) is 0.227. The largest absolute Gasteiger partial charge is 0.325 e. The third-order valence-corrected chi connectivity index (χ3v) is 5.50. The van der Waals surface area contributed by atoms with E-state index in [2.05, 4.69) is 16.7 Å². The normalized spacial score (nSPS) is 16.3. The lowest BCUT2D eigenvalue weighted by Crippen LogP contribution is -2.31. The van der Waals surface area contributed by atoms with E-state index in [9.17, 15) is 14.9 Å². The molecule has 1 atom stereocenters. The van der Waals surface area contributed by atoms with Gasteiger partial charge in [-0.2, -0.15) is 5.26 Å². The first-order chi connectivity index (χ1) is 13.5. The molecule has 1 unspecified atom stereocenters. The molecule has 28 heavy (non-hydrogen) atoms. The summed E-state index contributed by atoms with van der Waals surface area (Å²) < 4.78 is 0. The van der Waals surface area contributed by atoms with Crippen LogP contribution < -0.4 is 10.6 Å². The summed E-state index contributed by atoms with van der Waals surface area (Å²) in [5, 5.41) is 15.7. The van der Waals surface area contributed by atoms with E-state index < -0.39 is 0 Å². The van der Waals surface area contributed by atoms with Crippen LogP contribution in [0.5, 0.6) is 0 Å². The van der Waals surface area contributed by atoms with Crippen molar-refractivity contribution < 1.29 is 9.59 Å². The van der Waals surface area contributed by atoms with Crippen LogP contribution in [-0.2, 0) is 9.59 Å². The molecule has 1 aliphatic rings. The molecule has 1 heterocycles. The first-order valence-corrected chi connectivity index (χ1v) is 9.95. The van der Waals surface area contributed by atoms with Crippen molar-refractivity contribution in [3.8, 4) is 6.07 Å². The van der Waals surface area contributed by atoms with Gasteiger partial charge in [-0.25, -0.2) is 0 Å². The van der Waals surface area contributed by atoms with Crippen molar-refractivity contribution in [2.75, 3.05) is 11.1 Å². The van der Waals surface area contributed by atoms with Gasteiger partial charge in [-0.15, -0.1) is 0 Å². The lowest BCUT2D eigenvalue weighted by Gasteiger charge is -2.25. The molecule has 2 aromatic rings. The van der Waals surface area contributed by atoms with Crippen molar-refractivity contribution >= 4 is 29.3 Å². The Morgan fingerprint density at radius 3 is 2.64 bits per heavy atom. The van der Waals surface area contributed by atoms with Gasteiger partial charge < -0.3 is 10.6 Å². The van der Waals surface area contributed by atoms with Gasteiger partial charge in [-0.3, -0.25) is 9.59 Å². The number of rotatable bonds is 5. The molecule has 142 valence electrons. The fourth-order valence-electron chi connectivity index (χ4n) is 3.07. The molecule has 0 bridgehead atoms. The summed E-state index contributed by atoms with van der Waals surface area (Å²) >= 11 is 1.18. The SMILES string of the molecule is Cc1ccc(C2CC(=O)NC(SCC(=O)Nc3cccc(C)c3)=C2C#N)cc1. The number of hydrogen-bond acceptors (Lipinski definition) is 4. The molecular weight excluding hydrogens is 370 g/mol. The molecule has 2 aromatic carbocycles. The third kappa shape index (κ3) is 4.81. The molecule has 0 aliphatic carbocycles. The summed E-state index contributed by atoms with van der Waals surface area (Å²) in [6.07, 6.45) is 0.228. The highest BCUT2D eigenvalue weighted by molar-refractivity contribution is 8.03. The standard InChI is InChI=1S/C22H21N3O2S/c1-14-6-8-16(9-7-14)18-11-20(26)25-22(19(18)12-23)28-13-21(27)24-17-5-3-4-15(2)10-17/h3-10,18H,11,13H2,1-2H3,(H,24,27)(H,25,26). The number of allylic oxidation sites excluding steroid dienone is 1. The molecular formula is C22H21N3O2S. The number of nitriles is 1. The maximum absolute atomic E-state index is 12.3. The third-order valence-electron chi connectivity index (χ3n) is 4.49. The van der Waals surface area contributed by atoms with E-state index in [0.717, 1.165) is 22.4 Å². The lowest BCUT2D eigenvalue weighted by atomic mass is 9.87. The van der Waals surface area contributed by atoms with Gasteiger partial charge in [-0.05, 0) is 37.1 Å². The highest BCUT2D eigenvalue weighted by Gasteiger charge is 2.29. The first-order valence-electron chi connectivity index (χ1n) is 8.96. The minimum Gasteiger partial charge on any atom is -0.325 e. The number of thioether (sulfide) groups is 1. The van der Waals surface area contributed by atoms with Crippen LogP contribution in [0.1, 0.15) is 29.0 Å². The molecule has 0 saturated carbocycles. The van der Waals surface area contributed by atoms with E-state index in [1.54, 1.807) is 0 Å². The molecule has 0 fully saturated rings.